The summed E-state index contributed by atoms with van der Waals surface area (Å²) in [6.07, 6.45) is 4.82. The van der Waals surface area contributed by atoms with Crippen LogP contribution in [-0.4, -0.2) is 33.7 Å². The van der Waals surface area contributed by atoms with Gasteiger partial charge in [-0.1, -0.05) is 0 Å². The topological polar surface area (TPSA) is 87.3 Å². The van der Waals surface area contributed by atoms with E-state index < -0.39 is 10.0 Å². The Morgan fingerprint density at radius 3 is 2.30 bits per heavy atom. The fraction of sp³-hybridized carbons (Fsp3) is 0.533. The Hall–Kier alpha value is -1.31. The second-order valence-electron chi connectivity index (χ2n) is 5.73. The molecule has 0 spiro atoms. The highest BCUT2D eigenvalue weighted by Crippen LogP contribution is 2.19. The highest BCUT2D eigenvalue weighted by Gasteiger charge is 2.14. The maximum atomic E-state index is 11.9. The van der Waals surface area contributed by atoms with Gasteiger partial charge in [0.2, 0.25) is 15.9 Å². The first-order chi connectivity index (χ1) is 10.4. The van der Waals surface area contributed by atoms with Crippen molar-refractivity contribution in [3.05, 3.63) is 24.3 Å². The Morgan fingerprint density at radius 2 is 1.74 bits per heavy atom. The molecule has 1 aliphatic rings. The molecule has 0 bridgehead atoms. The predicted octanol–water partition coefficient (Wildman–Crippen LogP) is 2.20. The highest BCUT2D eigenvalue weighted by atomic mass is 35.5. The molecule has 0 saturated carbocycles. The summed E-state index contributed by atoms with van der Waals surface area (Å²) >= 11 is 0. The molecule has 8 heteroatoms. The first-order valence-electron chi connectivity index (χ1n) is 7.51. The third-order valence-electron chi connectivity index (χ3n) is 3.71. The van der Waals surface area contributed by atoms with E-state index in [4.69, 9.17) is 0 Å². The second kappa shape index (κ2) is 9.10. The minimum atomic E-state index is -3.28. The summed E-state index contributed by atoms with van der Waals surface area (Å²) in [4.78, 5) is 11.9. The summed E-state index contributed by atoms with van der Waals surface area (Å²) < 4.78 is 24.6. The number of nitrogens with one attached hydrogen (secondary N) is 3. The van der Waals surface area contributed by atoms with E-state index in [-0.39, 0.29) is 18.3 Å². The number of carbonyl (C=O) groups excluding carboxylic acids is 1. The number of carbonyl (C=O) groups is 1. The van der Waals surface area contributed by atoms with Gasteiger partial charge in [0.15, 0.2) is 0 Å². The number of amides is 1. The van der Waals surface area contributed by atoms with Gasteiger partial charge in [0.1, 0.15) is 0 Å². The number of sulfonamides is 1. The van der Waals surface area contributed by atoms with E-state index in [0.717, 1.165) is 38.6 Å². The number of benzene rings is 1. The van der Waals surface area contributed by atoms with Gasteiger partial charge >= 0.3 is 0 Å². The van der Waals surface area contributed by atoms with Crippen LogP contribution in [0.15, 0.2) is 24.3 Å². The molecule has 1 amide bonds. The van der Waals surface area contributed by atoms with Gasteiger partial charge in [0.25, 0.3) is 0 Å². The molecule has 0 radical (unpaired) electrons. The fourth-order valence-corrected chi connectivity index (χ4v) is 3.13. The van der Waals surface area contributed by atoms with Crippen molar-refractivity contribution in [3.8, 4) is 0 Å². The van der Waals surface area contributed by atoms with Crippen LogP contribution >= 0.6 is 12.4 Å². The molecule has 0 aromatic heterocycles. The van der Waals surface area contributed by atoms with Crippen molar-refractivity contribution in [1.29, 1.82) is 0 Å². The van der Waals surface area contributed by atoms with Crippen LogP contribution < -0.4 is 15.4 Å². The molecule has 3 N–H and O–H groups in total. The van der Waals surface area contributed by atoms with Gasteiger partial charge in [-0.15, -0.1) is 12.4 Å². The van der Waals surface area contributed by atoms with Gasteiger partial charge in [-0.3, -0.25) is 9.52 Å². The third-order valence-corrected chi connectivity index (χ3v) is 4.32. The summed E-state index contributed by atoms with van der Waals surface area (Å²) in [5.41, 5.74) is 1.16. The SMILES string of the molecule is CS(=O)(=O)Nc1ccc(NC(=O)CCC2CCNCC2)cc1.Cl. The van der Waals surface area contributed by atoms with Crippen molar-refractivity contribution in [1.82, 2.24) is 5.32 Å². The summed E-state index contributed by atoms with van der Waals surface area (Å²) in [5.74, 6) is 0.635. The lowest BCUT2D eigenvalue weighted by Crippen LogP contribution is -2.28. The Kier molecular flexibility index (Phi) is 7.81. The van der Waals surface area contributed by atoms with Crippen LogP contribution in [0.4, 0.5) is 11.4 Å². The molecule has 0 unspecified atom stereocenters. The van der Waals surface area contributed by atoms with E-state index in [1.54, 1.807) is 24.3 Å². The average Bonchev–Trinajstić information content (AvgIpc) is 2.47. The lowest BCUT2D eigenvalue weighted by molar-refractivity contribution is -0.116. The largest absolute Gasteiger partial charge is 0.326 e. The molecule has 1 fully saturated rings. The van der Waals surface area contributed by atoms with E-state index in [1.807, 2.05) is 0 Å². The van der Waals surface area contributed by atoms with Crippen molar-refractivity contribution in [2.45, 2.75) is 25.7 Å². The molecule has 23 heavy (non-hydrogen) atoms. The Labute approximate surface area is 143 Å². The summed E-state index contributed by atoms with van der Waals surface area (Å²) in [7, 11) is -3.28. The molecule has 0 aliphatic carbocycles. The van der Waals surface area contributed by atoms with Crippen molar-refractivity contribution >= 4 is 39.7 Å². The van der Waals surface area contributed by atoms with Gasteiger partial charge < -0.3 is 10.6 Å². The fourth-order valence-electron chi connectivity index (χ4n) is 2.56. The van der Waals surface area contributed by atoms with Gasteiger partial charge in [-0.2, -0.15) is 0 Å². The van der Waals surface area contributed by atoms with Crippen LogP contribution in [0, 0.1) is 5.92 Å². The Bertz CT molecular complexity index is 599. The second-order valence-corrected chi connectivity index (χ2v) is 7.48. The van der Waals surface area contributed by atoms with Crippen LogP contribution in [0.5, 0.6) is 0 Å². The van der Waals surface area contributed by atoms with E-state index in [9.17, 15) is 13.2 Å². The molecule has 6 nitrogen and oxygen atoms in total. The van der Waals surface area contributed by atoms with Crippen molar-refractivity contribution in [2.75, 3.05) is 29.4 Å². The molecule has 0 atom stereocenters. The monoisotopic (exact) mass is 361 g/mol. The molecule has 2 rings (SSSR count). The summed E-state index contributed by atoms with van der Waals surface area (Å²) in [5, 5.41) is 6.15. The molecular formula is C15H24ClN3O3S. The van der Waals surface area contributed by atoms with Crippen LogP contribution in [0.3, 0.4) is 0 Å². The van der Waals surface area contributed by atoms with Gasteiger partial charge in [-0.05, 0) is 62.5 Å². The van der Waals surface area contributed by atoms with E-state index in [1.165, 1.54) is 0 Å². The lowest BCUT2D eigenvalue weighted by atomic mass is 9.93. The first-order valence-corrected chi connectivity index (χ1v) is 9.40. The van der Waals surface area contributed by atoms with Gasteiger partial charge in [0, 0.05) is 17.8 Å². The zero-order valence-electron chi connectivity index (χ0n) is 13.2. The minimum Gasteiger partial charge on any atom is -0.326 e. The predicted molar refractivity (Wildman–Crippen MR) is 95.6 cm³/mol. The maximum Gasteiger partial charge on any atom is 0.229 e. The summed E-state index contributed by atoms with van der Waals surface area (Å²) in [6.45, 7) is 2.09. The Balaban J connectivity index is 0.00000264. The number of halogens is 1. The van der Waals surface area contributed by atoms with Crippen LogP contribution in [0.2, 0.25) is 0 Å². The maximum absolute atomic E-state index is 11.9. The van der Waals surface area contributed by atoms with Crippen LogP contribution in [-0.2, 0) is 14.8 Å². The van der Waals surface area contributed by atoms with Crippen molar-refractivity contribution in [3.63, 3.8) is 0 Å². The number of hydrogen-bond donors (Lipinski definition) is 3. The van der Waals surface area contributed by atoms with Gasteiger partial charge in [-0.25, -0.2) is 8.42 Å². The molecule has 130 valence electrons. The van der Waals surface area contributed by atoms with E-state index in [2.05, 4.69) is 15.4 Å². The molecule has 1 aromatic rings. The molecule has 1 aliphatic heterocycles. The third kappa shape index (κ3) is 7.67. The highest BCUT2D eigenvalue weighted by molar-refractivity contribution is 7.92. The van der Waals surface area contributed by atoms with Crippen molar-refractivity contribution in [2.24, 2.45) is 5.92 Å². The van der Waals surface area contributed by atoms with Crippen molar-refractivity contribution < 1.29 is 13.2 Å². The lowest BCUT2D eigenvalue weighted by Gasteiger charge is -2.22. The van der Waals surface area contributed by atoms with Crippen LogP contribution in [0.1, 0.15) is 25.7 Å². The number of piperidine rings is 1. The molecule has 1 heterocycles. The van der Waals surface area contributed by atoms with Crippen LogP contribution in [0.25, 0.3) is 0 Å². The number of anilines is 2. The molecule has 1 saturated heterocycles. The molecule has 1 aromatic carbocycles. The molecular weight excluding hydrogens is 338 g/mol. The summed E-state index contributed by atoms with van der Waals surface area (Å²) in [6, 6.07) is 6.64. The normalized spacial score (nSPS) is 15.5. The Morgan fingerprint density at radius 1 is 1.17 bits per heavy atom. The number of rotatable bonds is 6. The zero-order chi connectivity index (χ0) is 16.0. The zero-order valence-corrected chi connectivity index (χ0v) is 14.8. The quantitative estimate of drug-likeness (QED) is 0.724. The average molecular weight is 362 g/mol. The van der Waals surface area contributed by atoms with E-state index in [0.29, 0.717) is 23.7 Å². The smallest absolute Gasteiger partial charge is 0.229 e. The van der Waals surface area contributed by atoms with Gasteiger partial charge in [0.05, 0.1) is 6.26 Å². The first kappa shape index (κ1) is 19.7. The minimum absolute atomic E-state index is 0. The van der Waals surface area contributed by atoms with E-state index >= 15 is 0 Å². The number of hydrogen-bond acceptors (Lipinski definition) is 4. The standard InChI is InChI=1S/C15H23N3O3S.ClH/c1-22(20,21)18-14-5-3-13(4-6-14)17-15(19)7-2-12-8-10-16-11-9-12;/h3-6,12,16,18H,2,7-11H2,1H3,(H,17,19);1H.